The topological polar surface area (TPSA) is 93.1 Å². The molecule has 1 aliphatic heterocycles. The van der Waals surface area contributed by atoms with Crippen LogP contribution in [-0.4, -0.2) is 39.5 Å². The van der Waals surface area contributed by atoms with Gasteiger partial charge in [-0.25, -0.2) is 9.97 Å². The first-order valence-electron chi connectivity index (χ1n) is 11.8. The smallest absolute Gasteiger partial charge is 0.227 e. The van der Waals surface area contributed by atoms with Crippen LogP contribution in [0.1, 0.15) is 45.2 Å². The Morgan fingerprint density at radius 3 is 2.38 bits per heavy atom. The van der Waals surface area contributed by atoms with Crippen LogP contribution in [0.4, 0.5) is 11.6 Å². The molecule has 180 valence electrons. The second-order valence-electron chi connectivity index (χ2n) is 10.3. The molecule has 0 amide bonds. The number of rotatable bonds is 7. The Labute approximate surface area is 207 Å². The maximum atomic E-state index is 6.41. The summed E-state index contributed by atoms with van der Waals surface area (Å²) in [7, 11) is 0. The highest BCUT2D eigenvalue weighted by molar-refractivity contribution is 6.32. The molecule has 1 saturated heterocycles. The van der Waals surface area contributed by atoms with E-state index < -0.39 is 5.54 Å². The Kier molecular flexibility index (Phi) is 6.97. The van der Waals surface area contributed by atoms with Crippen LogP contribution in [0.15, 0.2) is 54.7 Å². The molecule has 2 aromatic carbocycles. The highest BCUT2D eigenvalue weighted by Crippen LogP contribution is 2.30. The minimum atomic E-state index is -0.398. The first-order chi connectivity index (χ1) is 16.0. The molecule has 0 bridgehead atoms. The third-order valence-corrected chi connectivity index (χ3v) is 7.24. The van der Waals surface area contributed by atoms with Gasteiger partial charge in [0.15, 0.2) is 0 Å². The molecule has 1 aliphatic rings. The van der Waals surface area contributed by atoms with Crippen LogP contribution in [0, 0.1) is 0 Å². The Balaban J connectivity index is 1.42. The van der Waals surface area contributed by atoms with E-state index in [9.17, 15) is 0 Å². The molecule has 0 aliphatic carbocycles. The normalized spacial score (nSPS) is 18.3. The van der Waals surface area contributed by atoms with E-state index in [4.69, 9.17) is 23.1 Å². The summed E-state index contributed by atoms with van der Waals surface area (Å²) in [5.41, 5.74) is 17.0. The van der Waals surface area contributed by atoms with Gasteiger partial charge in [0.05, 0.1) is 16.9 Å². The molecule has 0 spiro atoms. The first-order valence-corrected chi connectivity index (χ1v) is 12.2. The van der Waals surface area contributed by atoms with Gasteiger partial charge < -0.3 is 16.8 Å². The van der Waals surface area contributed by atoms with Gasteiger partial charge in [0.25, 0.3) is 0 Å². The van der Waals surface area contributed by atoms with E-state index in [2.05, 4.69) is 58.3 Å². The lowest BCUT2D eigenvalue weighted by molar-refractivity contribution is 0.165. The van der Waals surface area contributed by atoms with E-state index in [1.165, 1.54) is 5.56 Å². The van der Waals surface area contributed by atoms with Crippen molar-refractivity contribution in [3.05, 3.63) is 70.9 Å². The lowest BCUT2D eigenvalue weighted by Crippen LogP contribution is -2.49. The first kappa shape index (κ1) is 24.6. The molecule has 0 saturated carbocycles. The number of benzene rings is 2. The molecule has 4 rings (SSSR count). The fraction of sp³-hybridized carbons (Fsp3) is 0.407. The molecule has 1 aromatic heterocycles. The SMILES string of the molecule is CC(C)(N)c1ccc(-c2nc(Nc3ccc(CCN4CCC(N)C4(C)C)cc3)ncc2Cl)cc1. The number of likely N-dealkylation sites (tertiary alicyclic amines) is 1. The van der Waals surface area contributed by atoms with Crippen LogP contribution in [0.3, 0.4) is 0 Å². The lowest BCUT2D eigenvalue weighted by atomic mass is 9.94. The largest absolute Gasteiger partial charge is 0.326 e. The van der Waals surface area contributed by atoms with Gasteiger partial charge in [-0.1, -0.05) is 48.0 Å². The fourth-order valence-electron chi connectivity index (χ4n) is 4.41. The molecule has 1 unspecified atom stereocenters. The molecular weight excluding hydrogens is 444 g/mol. The lowest BCUT2D eigenvalue weighted by Gasteiger charge is -2.34. The number of nitrogens with one attached hydrogen (secondary N) is 1. The minimum Gasteiger partial charge on any atom is -0.326 e. The van der Waals surface area contributed by atoms with Gasteiger partial charge >= 0.3 is 0 Å². The Morgan fingerprint density at radius 2 is 1.79 bits per heavy atom. The van der Waals surface area contributed by atoms with Gasteiger partial charge in [0.1, 0.15) is 0 Å². The molecule has 34 heavy (non-hydrogen) atoms. The number of hydrogen-bond acceptors (Lipinski definition) is 6. The van der Waals surface area contributed by atoms with Crippen LogP contribution in [0.5, 0.6) is 0 Å². The number of halogens is 1. The highest BCUT2D eigenvalue weighted by atomic mass is 35.5. The van der Waals surface area contributed by atoms with E-state index in [1.807, 2.05) is 38.1 Å². The number of hydrogen-bond donors (Lipinski definition) is 3. The number of anilines is 2. The zero-order valence-electron chi connectivity index (χ0n) is 20.5. The van der Waals surface area contributed by atoms with Crippen molar-refractivity contribution in [1.29, 1.82) is 0 Å². The number of nitrogens with zero attached hydrogens (tertiary/aromatic N) is 3. The van der Waals surface area contributed by atoms with Gasteiger partial charge in [-0.2, -0.15) is 0 Å². The van der Waals surface area contributed by atoms with Crippen molar-refractivity contribution >= 4 is 23.2 Å². The zero-order chi connectivity index (χ0) is 24.5. The Hall–Kier alpha value is -2.51. The van der Waals surface area contributed by atoms with Crippen molar-refractivity contribution < 1.29 is 0 Å². The molecule has 7 heteroatoms. The van der Waals surface area contributed by atoms with Gasteiger partial charge in [-0.15, -0.1) is 0 Å². The van der Waals surface area contributed by atoms with Crippen LogP contribution in [0.25, 0.3) is 11.3 Å². The van der Waals surface area contributed by atoms with Gasteiger partial charge in [-0.05, 0) is 63.8 Å². The van der Waals surface area contributed by atoms with E-state index in [0.29, 0.717) is 16.7 Å². The minimum absolute atomic E-state index is 0.0615. The predicted molar refractivity (Wildman–Crippen MR) is 141 cm³/mol. The van der Waals surface area contributed by atoms with Crippen LogP contribution < -0.4 is 16.8 Å². The summed E-state index contributed by atoms with van der Waals surface area (Å²) in [6.45, 7) is 10.5. The van der Waals surface area contributed by atoms with Crippen LogP contribution >= 0.6 is 11.6 Å². The highest BCUT2D eigenvalue weighted by Gasteiger charge is 2.38. The van der Waals surface area contributed by atoms with Crippen molar-refractivity contribution in [2.75, 3.05) is 18.4 Å². The average molecular weight is 479 g/mol. The van der Waals surface area contributed by atoms with Gasteiger partial charge in [-0.3, -0.25) is 4.90 Å². The summed E-state index contributed by atoms with van der Waals surface area (Å²) in [5.74, 6) is 0.503. The fourth-order valence-corrected chi connectivity index (χ4v) is 4.61. The molecule has 1 fully saturated rings. The number of aromatic nitrogens is 2. The van der Waals surface area contributed by atoms with Crippen LogP contribution in [-0.2, 0) is 12.0 Å². The van der Waals surface area contributed by atoms with Gasteiger partial charge in [0.2, 0.25) is 5.95 Å². The van der Waals surface area contributed by atoms with Crippen molar-refractivity contribution in [1.82, 2.24) is 14.9 Å². The molecule has 5 N–H and O–H groups in total. The van der Waals surface area contributed by atoms with Crippen LogP contribution in [0.2, 0.25) is 5.02 Å². The monoisotopic (exact) mass is 478 g/mol. The van der Waals surface area contributed by atoms with Crippen molar-refractivity contribution in [3.63, 3.8) is 0 Å². The van der Waals surface area contributed by atoms with Crippen molar-refractivity contribution in [2.45, 2.75) is 57.7 Å². The summed E-state index contributed by atoms with van der Waals surface area (Å²) in [6.07, 6.45) is 3.69. The molecule has 2 heterocycles. The molecular formula is C27H35ClN6. The van der Waals surface area contributed by atoms with E-state index in [0.717, 1.165) is 42.7 Å². The summed E-state index contributed by atoms with van der Waals surface area (Å²) in [4.78, 5) is 11.5. The predicted octanol–water partition coefficient (Wildman–Crippen LogP) is 5.09. The van der Waals surface area contributed by atoms with Crippen molar-refractivity contribution in [2.24, 2.45) is 11.5 Å². The number of nitrogens with two attached hydrogens (primary N) is 2. The third-order valence-electron chi connectivity index (χ3n) is 6.96. The second kappa shape index (κ2) is 9.62. The molecule has 1 atom stereocenters. The van der Waals surface area contributed by atoms with E-state index in [-0.39, 0.29) is 11.6 Å². The summed E-state index contributed by atoms with van der Waals surface area (Å²) >= 11 is 6.41. The van der Waals surface area contributed by atoms with E-state index in [1.54, 1.807) is 6.20 Å². The maximum absolute atomic E-state index is 6.41. The Morgan fingerprint density at radius 1 is 1.12 bits per heavy atom. The summed E-state index contributed by atoms with van der Waals surface area (Å²) in [6, 6.07) is 16.7. The molecule has 6 nitrogen and oxygen atoms in total. The summed E-state index contributed by atoms with van der Waals surface area (Å²) in [5, 5.41) is 3.80. The quantitative estimate of drug-likeness (QED) is 0.438. The maximum Gasteiger partial charge on any atom is 0.227 e. The third kappa shape index (κ3) is 5.41. The standard InChI is InChI=1S/C27H35ClN6/c1-26(2,30)20-9-7-19(8-10-20)24-22(28)17-31-25(33-24)32-21-11-5-18(6-12-21)13-15-34-16-14-23(29)27(34,3)4/h5-12,17,23H,13-16,29-30H2,1-4H3,(H,31,32,33). The average Bonchev–Trinajstić information content (AvgIpc) is 3.06. The molecule has 3 aromatic rings. The van der Waals surface area contributed by atoms with Gasteiger partial charge in [0, 0.05) is 41.5 Å². The molecule has 0 radical (unpaired) electrons. The Bertz CT molecular complexity index is 1120. The second-order valence-corrected chi connectivity index (χ2v) is 10.7. The van der Waals surface area contributed by atoms with E-state index >= 15 is 0 Å². The summed E-state index contributed by atoms with van der Waals surface area (Å²) < 4.78 is 0. The van der Waals surface area contributed by atoms with Crippen molar-refractivity contribution in [3.8, 4) is 11.3 Å². The zero-order valence-corrected chi connectivity index (χ0v) is 21.2.